The van der Waals surface area contributed by atoms with E-state index in [1.54, 1.807) is 0 Å². The maximum absolute atomic E-state index is 12.4. The van der Waals surface area contributed by atoms with Crippen LogP contribution in [0.5, 0.6) is 0 Å². The van der Waals surface area contributed by atoms with Gasteiger partial charge in [-0.05, 0) is 42.2 Å². The summed E-state index contributed by atoms with van der Waals surface area (Å²) >= 11 is 0. The summed E-state index contributed by atoms with van der Waals surface area (Å²) < 4.78 is 24.9. The van der Waals surface area contributed by atoms with Crippen LogP contribution >= 0.6 is 0 Å². The van der Waals surface area contributed by atoms with Crippen LogP contribution in [0.15, 0.2) is 42.5 Å². The number of benzene rings is 1. The minimum Gasteiger partial charge on any atom is -0.174 e. The van der Waals surface area contributed by atoms with Gasteiger partial charge in [0.15, 0.2) is 0 Å². The maximum atomic E-state index is 12.4. The van der Waals surface area contributed by atoms with E-state index in [9.17, 15) is 8.78 Å². The first-order valence-corrected chi connectivity index (χ1v) is 6.76. The third-order valence-corrected chi connectivity index (χ3v) is 4.11. The van der Waals surface area contributed by atoms with Gasteiger partial charge >= 0.3 is 0 Å². The molecule has 1 fully saturated rings. The van der Waals surface area contributed by atoms with Crippen LogP contribution < -0.4 is 0 Å². The molecule has 2 heteroatoms. The van der Waals surface area contributed by atoms with E-state index < -0.39 is 6.08 Å². The Labute approximate surface area is 108 Å². The molecule has 1 aromatic carbocycles. The lowest BCUT2D eigenvalue weighted by Crippen LogP contribution is -2.23. The Balaban J connectivity index is 2.19. The van der Waals surface area contributed by atoms with E-state index in [0.29, 0.717) is 11.8 Å². The molecule has 0 aromatic heterocycles. The molecule has 0 N–H and O–H groups in total. The minimum absolute atomic E-state index is 0.0412. The molecule has 3 unspecified atom stereocenters. The smallest absolute Gasteiger partial charge is 0.174 e. The third kappa shape index (κ3) is 3.18. The van der Waals surface area contributed by atoms with Crippen molar-refractivity contribution in [3.63, 3.8) is 0 Å². The summed E-state index contributed by atoms with van der Waals surface area (Å²) in [6, 6.07) is 10.3. The van der Waals surface area contributed by atoms with E-state index in [4.69, 9.17) is 0 Å². The van der Waals surface area contributed by atoms with E-state index >= 15 is 0 Å². The van der Waals surface area contributed by atoms with Crippen LogP contribution in [0, 0.1) is 11.8 Å². The predicted octanol–water partition coefficient (Wildman–Crippen LogP) is 5.38. The Hall–Kier alpha value is -1.18. The largest absolute Gasteiger partial charge is 0.266 e. The van der Waals surface area contributed by atoms with E-state index in [1.807, 2.05) is 25.1 Å². The zero-order chi connectivity index (χ0) is 13.0. The van der Waals surface area contributed by atoms with Crippen molar-refractivity contribution in [3.8, 4) is 0 Å². The van der Waals surface area contributed by atoms with Crippen molar-refractivity contribution in [2.45, 2.75) is 38.5 Å². The molecule has 98 valence electrons. The highest BCUT2D eigenvalue weighted by molar-refractivity contribution is 5.21. The van der Waals surface area contributed by atoms with Crippen LogP contribution in [-0.4, -0.2) is 0 Å². The van der Waals surface area contributed by atoms with E-state index in [1.165, 1.54) is 18.4 Å². The number of allylic oxidation sites excluding steroid dienone is 1. The van der Waals surface area contributed by atoms with E-state index in [0.717, 1.165) is 18.9 Å². The van der Waals surface area contributed by atoms with Gasteiger partial charge in [-0.1, -0.05) is 50.1 Å². The predicted molar refractivity (Wildman–Crippen MR) is 70.6 cm³/mol. The average molecular weight is 250 g/mol. The van der Waals surface area contributed by atoms with Crippen molar-refractivity contribution in [1.29, 1.82) is 0 Å². The van der Waals surface area contributed by atoms with Gasteiger partial charge in [0.2, 0.25) is 0 Å². The highest BCUT2D eigenvalue weighted by atomic mass is 19.3. The van der Waals surface area contributed by atoms with Gasteiger partial charge in [0.05, 0.1) is 0 Å². The van der Waals surface area contributed by atoms with Crippen LogP contribution in [0.4, 0.5) is 8.78 Å². The van der Waals surface area contributed by atoms with Gasteiger partial charge in [-0.2, -0.15) is 8.78 Å². The summed E-state index contributed by atoms with van der Waals surface area (Å²) in [7, 11) is 0. The number of hydrogen-bond acceptors (Lipinski definition) is 0. The fraction of sp³-hybridized carbons (Fsp3) is 0.500. The normalized spacial score (nSPS) is 25.5. The van der Waals surface area contributed by atoms with Gasteiger partial charge in [0.1, 0.15) is 0 Å². The Morgan fingerprint density at radius 2 is 1.83 bits per heavy atom. The van der Waals surface area contributed by atoms with Crippen molar-refractivity contribution in [2.75, 3.05) is 0 Å². The van der Waals surface area contributed by atoms with Gasteiger partial charge in [0.25, 0.3) is 6.08 Å². The van der Waals surface area contributed by atoms with Crippen LogP contribution in [0.1, 0.15) is 44.1 Å². The molecule has 0 spiro atoms. The second-order valence-corrected chi connectivity index (χ2v) is 5.28. The molecule has 0 bridgehead atoms. The third-order valence-electron chi connectivity index (χ3n) is 4.11. The molecule has 0 amide bonds. The van der Waals surface area contributed by atoms with E-state index in [2.05, 4.69) is 12.1 Å². The van der Waals surface area contributed by atoms with Gasteiger partial charge in [0, 0.05) is 0 Å². The molecular weight excluding hydrogens is 230 g/mol. The molecule has 3 atom stereocenters. The van der Waals surface area contributed by atoms with Crippen LogP contribution in [0.25, 0.3) is 0 Å². The van der Waals surface area contributed by atoms with Crippen LogP contribution in [-0.2, 0) is 0 Å². The number of rotatable bonds is 3. The van der Waals surface area contributed by atoms with E-state index in [-0.39, 0.29) is 5.92 Å². The molecule has 1 saturated carbocycles. The zero-order valence-corrected chi connectivity index (χ0v) is 10.8. The second-order valence-electron chi connectivity index (χ2n) is 5.28. The molecule has 0 radical (unpaired) electrons. The van der Waals surface area contributed by atoms with Gasteiger partial charge in [-0.3, -0.25) is 0 Å². The van der Waals surface area contributed by atoms with Gasteiger partial charge < -0.3 is 0 Å². The van der Waals surface area contributed by atoms with Crippen molar-refractivity contribution in [1.82, 2.24) is 0 Å². The molecule has 0 saturated heterocycles. The minimum atomic E-state index is -1.54. The maximum Gasteiger partial charge on any atom is 0.266 e. The lowest BCUT2D eigenvalue weighted by Gasteiger charge is -2.35. The van der Waals surface area contributed by atoms with Crippen molar-refractivity contribution in [2.24, 2.45) is 11.8 Å². The summed E-state index contributed by atoms with van der Waals surface area (Å²) in [6.07, 6.45) is 4.15. The number of halogens is 2. The summed E-state index contributed by atoms with van der Waals surface area (Å²) in [6.45, 7) is 1.92. The standard InChI is InChI=1S/C16H20F2/c1-12(11-16(17)18)14-9-5-6-10-15(14)13-7-3-2-4-8-13/h2-4,7-8,11-12,14-15H,5-6,9-10H2,1H3. The van der Waals surface area contributed by atoms with Crippen molar-refractivity contribution >= 4 is 0 Å². The first-order chi connectivity index (χ1) is 8.68. The first-order valence-electron chi connectivity index (χ1n) is 6.76. The molecule has 1 aliphatic rings. The molecule has 1 aliphatic carbocycles. The molecule has 0 nitrogen and oxygen atoms in total. The highest BCUT2D eigenvalue weighted by Crippen LogP contribution is 2.42. The Kier molecular flexibility index (Phi) is 4.51. The quantitative estimate of drug-likeness (QED) is 0.676. The molecule has 1 aromatic rings. The molecule has 0 heterocycles. The lowest BCUT2D eigenvalue weighted by molar-refractivity contribution is 0.250. The fourth-order valence-corrected chi connectivity index (χ4v) is 3.23. The lowest BCUT2D eigenvalue weighted by atomic mass is 9.70. The van der Waals surface area contributed by atoms with Crippen molar-refractivity contribution in [3.05, 3.63) is 48.1 Å². The first kappa shape index (κ1) is 13.3. The number of hydrogen-bond donors (Lipinski definition) is 0. The zero-order valence-electron chi connectivity index (χ0n) is 10.8. The van der Waals surface area contributed by atoms with Crippen molar-refractivity contribution < 1.29 is 8.78 Å². The summed E-state index contributed by atoms with van der Waals surface area (Å²) in [5.41, 5.74) is 1.31. The molecule has 2 rings (SSSR count). The summed E-state index contributed by atoms with van der Waals surface area (Å²) in [4.78, 5) is 0. The van der Waals surface area contributed by atoms with Gasteiger partial charge in [-0.25, -0.2) is 0 Å². The average Bonchev–Trinajstić information content (AvgIpc) is 2.39. The Bertz CT molecular complexity index is 393. The summed E-state index contributed by atoms with van der Waals surface area (Å²) in [5, 5.41) is 0. The second kappa shape index (κ2) is 6.12. The molecular formula is C16H20F2. The summed E-state index contributed by atoms with van der Waals surface area (Å²) in [5.74, 6) is 0.744. The Morgan fingerprint density at radius 3 is 2.50 bits per heavy atom. The monoisotopic (exact) mass is 250 g/mol. The highest BCUT2D eigenvalue weighted by Gasteiger charge is 2.29. The van der Waals surface area contributed by atoms with Crippen LogP contribution in [0.2, 0.25) is 0 Å². The topological polar surface area (TPSA) is 0 Å². The van der Waals surface area contributed by atoms with Crippen LogP contribution in [0.3, 0.4) is 0 Å². The SMILES string of the molecule is CC(C=C(F)F)C1CCCCC1c1ccccc1. The fourth-order valence-electron chi connectivity index (χ4n) is 3.23. The Morgan fingerprint density at radius 1 is 1.17 bits per heavy atom. The van der Waals surface area contributed by atoms with Gasteiger partial charge in [-0.15, -0.1) is 0 Å². The molecule has 0 aliphatic heterocycles. The molecule has 18 heavy (non-hydrogen) atoms.